The van der Waals surface area contributed by atoms with Crippen LogP contribution in [0.1, 0.15) is 32.6 Å². The summed E-state index contributed by atoms with van der Waals surface area (Å²) >= 11 is 0. The molecule has 0 saturated carbocycles. The Labute approximate surface area is 147 Å². The highest BCUT2D eigenvalue weighted by atomic mass is 16.5. The molecule has 1 amide bonds. The first-order valence-electron chi connectivity index (χ1n) is 8.55. The van der Waals surface area contributed by atoms with Gasteiger partial charge in [0, 0.05) is 30.6 Å². The summed E-state index contributed by atoms with van der Waals surface area (Å²) in [6.07, 6.45) is 1.49. The van der Waals surface area contributed by atoms with E-state index in [1.807, 2.05) is 24.3 Å². The van der Waals surface area contributed by atoms with E-state index in [0.717, 1.165) is 24.3 Å². The SMILES string of the molecule is COc1ccc(-c2noc(CN(CC3CCC(=O)N3)C(C)C)n2)cc1. The fourth-order valence-corrected chi connectivity index (χ4v) is 2.91. The van der Waals surface area contributed by atoms with Crippen molar-refractivity contribution in [3.63, 3.8) is 0 Å². The van der Waals surface area contributed by atoms with Gasteiger partial charge in [-0.25, -0.2) is 0 Å². The van der Waals surface area contributed by atoms with Crippen LogP contribution in [0.2, 0.25) is 0 Å². The smallest absolute Gasteiger partial charge is 0.241 e. The minimum Gasteiger partial charge on any atom is -0.497 e. The van der Waals surface area contributed by atoms with Crippen LogP contribution in [0.5, 0.6) is 5.75 Å². The van der Waals surface area contributed by atoms with Crippen molar-refractivity contribution in [1.29, 1.82) is 0 Å². The van der Waals surface area contributed by atoms with Crippen LogP contribution in [0.25, 0.3) is 11.4 Å². The van der Waals surface area contributed by atoms with Gasteiger partial charge in [-0.05, 0) is 44.5 Å². The predicted octanol–water partition coefficient (Wildman–Crippen LogP) is 2.23. The molecule has 1 unspecified atom stereocenters. The van der Waals surface area contributed by atoms with Gasteiger partial charge in [-0.3, -0.25) is 9.69 Å². The summed E-state index contributed by atoms with van der Waals surface area (Å²) in [5, 5.41) is 7.08. The second-order valence-corrected chi connectivity index (χ2v) is 6.57. The van der Waals surface area contributed by atoms with Gasteiger partial charge < -0.3 is 14.6 Å². The summed E-state index contributed by atoms with van der Waals surface area (Å²) in [6, 6.07) is 8.06. The highest BCUT2D eigenvalue weighted by Gasteiger charge is 2.25. The molecule has 1 aromatic heterocycles. The zero-order chi connectivity index (χ0) is 17.8. The molecule has 1 atom stereocenters. The maximum Gasteiger partial charge on any atom is 0.241 e. The summed E-state index contributed by atoms with van der Waals surface area (Å²) in [5.74, 6) is 2.06. The van der Waals surface area contributed by atoms with Crippen molar-refractivity contribution in [3.05, 3.63) is 30.2 Å². The topological polar surface area (TPSA) is 80.5 Å². The lowest BCUT2D eigenvalue weighted by atomic mass is 10.2. The first kappa shape index (κ1) is 17.4. The second kappa shape index (κ2) is 7.65. The molecule has 7 nitrogen and oxygen atoms in total. The molecule has 25 heavy (non-hydrogen) atoms. The van der Waals surface area contributed by atoms with Crippen LogP contribution in [-0.2, 0) is 11.3 Å². The van der Waals surface area contributed by atoms with E-state index in [1.54, 1.807) is 7.11 Å². The van der Waals surface area contributed by atoms with Crippen molar-refractivity contribution >= 4 is 5.91 Å². The van der Waals surface area contributed by atoms with Crippen LogP contribution in [0, 0.1) is 0 Å². The number of aromatic nitrogens is 2. The molecule has 134 valence electrons. The number of nitrogens with zero attached hydrogens (tertiary/aromatic N) is 3. The van der Waals surface area contributed by atoms with E-state index in [-0.39, 0.29) is 11.9 Å². The van der Waals surface area contributed by atoms with Gasteiger partial charge in [-0.2, -0.15) is 4.98 Å². The third-order valence-electron chi connectivity index (χ3n) is 4.42. The Morgan fingerprint density at radius 1 is 1.36 bits per heavy atom. The zero-order valence-electron chi connectivity index (χ0n) is 14.9. The lowest BCUT2D eigenvalue weighted by Crippen LogP contribution is -2.41. The molecule has 1 aliphatic rings. The van der Waals surface area contributed by atoms with Gasteiger partial charge in [0.2, 0.25) is 17.6 Å². The van der Waals surface area contributed by atoms with Crippen LogP contribution in [0.15, 0.2) is 28.8 Å². The molecule has 0 radical (unpaired) electrons. The number of amides is 1. The van der Waals surface area contributed by atoms with E-state index in [9.17, 15) is 4.79 Å². The van der Waals surface area contributed by atoms with Crippen molar-refractivity contribution in [3.8, 4) is 17.1 Å². The van der Waals surface area contributed by atoms with Crippen molar-refractivity contribution < 1.29 is 14.1 Å². The Kier molecular flexibility index (Phi) is 5.33. The molecule has 1 fully saturated rings. The quantitative estimate of drug-likeness (QED) is 0.830. The second-order valence-electron chi connectivity index (χ2n) is 6.57. The number of carbonyl (C=O) groups excluding carboxylic acids is 1. The van der Waals surface area contributed by atoms with E-state index >= 15 is 0 Å². The van der Waals surface area contributed by atoms with E-state index in [2.05, 4.69) is 34.2 Å². The fourth-order valence-electron chi connectivity index (χ4n) is 2.91. The third kappa shape index (κ3) is 4.36. The molecule has 1 aliphatic heterocycles. The van der Waals surface area contributed by atoms with E-state index in [0.29, 0.717) is 30.7 Å². The Morgan fingerprint density at radius 2 is 2.12 bits per heavy atom. The van der Waals surface area contributed by atoms with E-state index in [1.165, 1.54) is 0 Å². The average Bonchev–Trinajstić information content (AvgIpc) is 3.23. The number of rotatable bonds is 7. The molecule has 0 bridgehead atoms. The normalized spacial score (nSPS) is 17.3. The fraction of sp³-hybridized carbons (Fsp3) is 0.500. The maximum atomic E-state index is 11.4. The van der Waals surface area contributed by atoms with Crippen molar-refractivity contribution in [1.82, 2.24) is 20.4 Å². The number of hydrogen-bond donors (Lipinski definition) is 1. The van der Waals surface area contributed by atoms with Crippen LogP contribution in [-0.4, -0.2) is 46.7 Å². The van der Waals surface area contributed by atoms with E-state index in [4.69, 9.17) is 9.26 Å². The van der Waals surface area contributed by atoms with Gasteiger partial charge in [0.25, 0.3) is 0 Å². The molecule has 2 heterocycles. The Morgan fingerprint density at radius 3 is 2.72 bits per heavy atom. The number of nitrogens with one attached hydrogen (secondary N) is 1. The Balaban J connectivity index is 1.66. The zero-order valence-corrected chi connectivity index (χ0v) is 14.9. The molecular weight excluding hydrogens is 320 g/mol. The minimum absolute atomic E-state index is 0.133. The van der Waals surface area contributed by atoms with Crippen LogP contribution in [0.3, 0.4) is 0 Å². The first-order chi connectivity index (χ1) is 12.0. The lowest BCUT2D eigenvalue weighted by molar-refractivity contribution is -0.119. The average molecular weight is 344 g/mol. The predicted molar refractivity (Wildman–Crippen MR) is 93.0 cm³/mol. The number of hydrogen-bond acceptors (Lipinski definition) is 6. The molecule has 1 N–H and O–H groups in total. The Hall–Kier alpha value is -2.41. The molecule has 7 heteroatoms. The molecule has 0 spiro atoms. The number of methoxy groups -OCH3 is 1. The van der Waals surface area contributed by atoms with Crippen molar-refractivity contribution in [2.45, 2.75) is 45.3 Å². The monoisotopic (exact) mass is 344 g/mol. The van der Waals surface area contributed by atoms with Gasteiger partial charge in [0.15, 0.2) is 0 Å². The lowest BCUT2D eigenvalue weighted by Gasteiger charge is -2.27. The summed E-state index contributed by atoms with van der Waals surface area (Å²) in [7, 11) is 1.63. The van der Waals surface area contributed by atoms with Crippen molar-refractivity contribution in [2.24, 2.45) is 0 Å². The van der Waals surface area contributed by atoms with Crippen LogP contribution >= 0.6 is 0 Å². The summed E-state index contributed by atoms with van der Waals surface area (Å²) in [6.45, 7) is 5.59. The van der Waals surface area contributed by atoms with Gasteiger partial charge in [0.1, 0.15) is 5.75 Å². The van der Waals surface area contributed by atoms with Crippen LogP contribution in [0.4, 0.5) is 0 Å². The Bertz CT molecular complexity index is 711. The summed E-state index contributed by atoms with van der Waals surface area (Å²) in [4.78, 5) is 18.1. The minimum atomic E-state index is 0.133. The molecule has 0 aliphatic carbocycles. The number of carbonyl (C=O) groups is 1. The van der Waals surface area contributed by atoms with Gasteiger partial charge in [0.05, 0.1) is 13.7 Å². The maximum absolute atomic E-state index is 11.4. The molecule has 1 aromatic carbocycles. The molecule has 2 aromatic rings. The van der Waals surface area contributed by atoms with Gasteiger partial charge >= 0.3 is 0 Å². The molecule has 3 rings (SSSR count). The first-order valence-corrected chi connectivity index (χ1v) is 8.55. The molecule has 1 saturated heterocycles. The van der Waals surface area contributed by atoms with E-state index < -0.39 is 0 Å². The largest absolute Gasteiger partial charge is 0.497 e. The standard InChI is InChI=1S/C18H24N4O3/c1-12(2)22(10-14-6-9-16(23)19-14)11-17-20-18(21-25-17)13-4-7-15(24-3)8-5-13/h4-5,7-8,12,14H,6,9-11H2,1-3H3,(H,19,23). The van der Waals surface area contributed by atoms with Crippen molar-refractivity contribution in [2.75, 3.05) is 13.7 Å². The highest BCUT2D eigenvalue weighted by Crippen LogP contribution is 2.20. The highest BCUT2D eigenvalue weighted by molar-refractivity contribution is 5.78. The molecular formula is C18H24N4O3. The van der Waals surface area contributed by atoms with Gasteiger partial charge in [-0.15, -0.1) is 0 Å². The number of ether oxygens (including phenoxy) is 1. The summed E-state index contributed by atoms with van der Waals surface area (Å²) in [5.41, 5.74) is 0.884. The third-order valence-corrected chi connectivity index (χ3v) is 4.42. The summed E-state index contributed by atoms with van der Waals surface area (Å²) < 4.78 is 10.6. The number of benzene rings is 1. The van der Waals surface area contributed by atoms with Crippen LogP contribution < -0.4 is 10.1 Å². The van der Waals surface area contributed by atoms with Gasteiger partial charge in [-0.1, -0.05) is 5.16 Å².